The maximum atomic E-state index is 9.93. The molecule has 0 aromatic heterocycles. The molecule has 0 aromatic carbocycles. The van der Waals surface area contributed by atoms with Gasteiger partial charge in [0, 0.05) is 0 Å². The molecule has 0 aliphatic rings. The summed E-state index contributed by atoms with van der Waals surface area (Å²) in [6.45, 7) is 0. The molecular weight excluding hydrogens is 332 g/mol. The molecule has 0 fully saturated rings. The molecule has 0 rings (SSSR count). The predicted octanol–water partition coefficient (Wildman–Crippen LogP) is -2.81. The van der Waals surface area contributed by atoms with Gasteiger partial charge in [-0.1, -0.05) is 0 Å². The van der Waals surface area contributed by atoms with Crippen LogP contribution >= 0.6 is 0 Å². The van der Waals surface area contributed by atoms with Gasteiger partial charge in [-0.3, -0.25) is 0 Å². The molecule has 0 heterocycles. The van der Waals surface area contributed by atoms with Crippen LogP contribution in [-0.4, -0.2) is 52.3 Å². The molecule has 0 amide bonds. The fraction of sp³-hybridized carbons (Fsp3) is 0. The number of rotatable bonds is 0. The van der Waals surface area contributed by atoms with Crippen molar-refractivity contribution in [2.24, 2.45) is 0 Å². The molecule has 96 valence electrons. The maximum absolute atomic E-state index is 11.2. The van der Waals surface area contributed by atoms with Gasteiger partial charge in [0.15, 0.2) is 0 Å². The van der Waals surface area contributed by atoms with Crippen molar-refractivity contribution in [1.29, 1.82) is 0 Å². The van der Waals surface area contributed by atoms with Crippen LogP contribution < -0.4 is 0 Å². The minimum absolute atomic E-state index is 0. The molecular formula is H12F6O6Sb-. The van der Waals surface area contributed by atoms with Crippen molar-refractivity contribution in [2.75, 3.05) is 0 Å². The number of halogens is 6. The Morgan fingerprint density at radius 2 is 0.385 bits per heavy atom. The second-order valence-electron chi connectivity index (χ2n) is 0.958. The Bertz CT molecular complexity index is 75.7. The summed E-state index contributed by atoms with van der Waals surface area (Å²) in [5, 5.41) is 0. The van der Waals surface area contributed by atoms with Crippen LogP contribution in [-0.2, 0) is 0 Å². The van der Waals surface area contributed by atoms with Gasteiger partial charge in [0.25, 0.3) is 0 Å². The van der Waals surface area contributed by atoms with E-state index in [0.29, 0.717) is 0 Å². The van der Waals surface area contributed by atoms with Crippen molar-refractivity contribution in [3.63, 3.8) is 0 Å². The van der Waals surface area contributed by atoms with Crippen molar-refractivity contribution in [3.05, 3.63) is 0 Å². The monoisotopic (exact) mass is 343 g/mol. The normalized spacial score (nSPS) is 12.5. The molecule has 0 bridgehead atoms. The zero-order valence-corrected chi connectivity index (χ0v) is 8.27. The SMILES string of the molecule is O.O.O.O.O.O.[F][Sb-]([F])([F])([F])([F])[F]. The van der Waals surface area contributed by atoms with Gasteiger partial charge >= 0.3 is 36.4 Å². The van der Waals surface area contributed by atoms with E-state index in [1.165, 1.54) is 0 Å². The van der Waals surface area contributed by atoms with Gasteiger partial charge in [-0.2, -0.15) is 0 Å². The molecule has 0 spiro atoms. The Labute approximate surface area is 69.9 Å². The summed E-state index contributed by atoms with van der Waals surface area (Å²) in [4.78, 5) is 0. The van der Waals surface area contributed by atoms with Gasteiger partial charge in [0.2, 0.25) is 0 Å². The molecule has 0 saturated heterocycles. The van der Waals surface area contributed by atoms with E-state index in [1.807, 2.05) is 0 Å². The molecule has 13 heavy (non-hydrogen) atoms. The first-order valence-electron chi connectivity index (χ1n) is 1.01. The van der Waals surface area contributed by atoms with E-state index in [9.17, 15) is 16.9 Å². The molecule has 13 heteroatoms. The van der Waals surface area contributed by atoms with E-state index in [-0.39, 0.29) is 32.9 Å². The van der Waals surface area contributed by atoms with Crippen molar-refractivity contribution >= 4 is 19.5 Å². The van der Waals surface area contributed by atoms with E-state index in [2.05, 4.69) is 0 Å². The third-order valence-corrected chi connectivity index (χ3v) is 0. The Morgan fingerprint density at radius 3 is 0.385 bits per heavy atom. The number of hydrogen-bond acceptors (Lipinski definition) is 0. The topological polar surface area (TPSA) is 189 Å². The van der Waals surface area contributed by atoms with Crippen LogP contribution in [0, 0.1) is 0 Å². The van der Waals surface area contributed by atoms with Crippen molar-refractivity contribution < 1.29 is 49.7 Å². The van der Waals surface area contributed by atoms with Crippen molar-refractivity contribution in [2.45, 2.75) is 0 Å². The molecule has 0 aromatic rings. The van der Waals surface area contributed by atoms with Crippen LogP contribution in [0.5, 0.6) is 0 Å². The summed E-state index contributed by atoms with van der Waals surface area (Å²) in [5.74, 6) is 0. The average molecular weight is 344 g/mol. The molecule has 0 aliphatic carbocycles. The van der Waals surface area contributed by atoms with Crippen LogP contribution in [0.15, 0.2) is 0 Å². The van der Waals surface area contributed by atoms with Gasteiger partial charge in [0.1, 0.15) is 0 Å². The van der Waals surface area contributed by atoms with Gasteiger partial charge in [-0.25, -0.2) is 0 Å². The first-order valence-corrected chi connectivity index (χ1v) is 6.80. The van der Waals surface area contributed by atoms with Crippen molar-refractivity contribution in [1.82, 2.24) is 0 Å². The quantitative estimate of drug-likeness (QED) is 0.324. The Balaban J connectivity index is -0.0000000120. The molecule has 0 radical (unpaired) electrons. The molecule has 0 atom stereocenters. The summed E-state index contributed by atoms with van der Waals surface area (Å²) in [6.07, 6.45) is 0. The van der Waals surface area contributed by atoms with E-state index in [4.69, 9.17) is 0 Å². The third-order valence-electron chi connectivity index (χ3n) is 0. The molecule has 0 aliphatic heterocycles. The molecule has 12 N–H and O–H groups in total. The summed E-state index contributed by atoms with van der Waals surface area (Å²) in [7, 11) is 0. The Kier molecular flexibility index (Phi) is 26.0. The van der Waals surface area contributed by atoms with Crippen LogP contribution in [0.3, 0.4) is 0 Å². The second-order valence-corrected chi connectivity index (χ2v) is 6.43. The van der Waals surface area contributed by atoms with Crippen LogP contribution in [0.25, 0.3) is 0 Å². The molecule has 0 saturated carbocycles. The van der Waals surface area contributed by atoms with Crippen molar-refractivity contribution in [3.8, 4) is 0 Å². The summed E-state index contributed by atoms with van der Waals surface area (Å²) in [6, 6.07) is 0. The fourth-order valence-corrected chi connectivity index (χ4v) is 0. The van der Waals surface area contributed by atoms with Gasteiger partial charge < -0.3 is 32.9 Å². The third kappa shape index (κ3) is 50100. The minimum atomic E-state index is -11.2. The van der Waals surface area contributed by atoms with E-state index in [0.717, 1.165) is 0 Å². The average Bonchev–Trinajstić information content (AvgIpc) is 0.592. The van der Waals surface area contributed by atoms with Crippen LogP contribution in [0.2, 0.25) is 0 Å². The number of hydrogen-bond donors (Lipinski definition) is 0. The van der Waals surface area contributed by atoms with Gasteiger partial charge in [-0.15, -0.1) is 0 Å². The van der Waals surface area contributed by atoms with Gasteiger partial charge in [-0.05, 0) is 0 Å². The zero-order chi connectivity index (χ0) is 6.41. The van der Waals surface area contributed by atoms with E-state index in [1.54, 1.807) is 0 Å². The van der Waals surface area contributed by atoms with E-state index >= 15 is 0 Å². The predicted molar refractivity (Wildman–Crippen MR) is 34.1 cm³/mol. The zero-order valence-electron chi connectivity index (χ0n) is 5.72. The summed E-state index contributed by atoms with van der Waals surface area (Å²) < 4.78 is 59.6. The van der Waals surface area contributed by atoms with Gasteiger partial charge in [0.05, 0.1) is 0 Å². The fourth-order valence-electron chi connectivity index (χ4n) is 0. The van der Waals surface area contributed by atoms with Crippen LogP contribution in [0.1, 0.15) is 0 Å². The van der Waals surface area contributed by atoms with Crippen LogP contribution in [0.4, 0.5) is 16.9 Å². The summed E-state index contributed by atoms with van der Waals surface area (Å²) >= 11 is -11.2. The Hall–Kier alpha value is 0.158. The second kappa shape index (κ2) is 6.59. The van der Waals surface area contributed by atoms with E-state index < -0.39 is 19.5 Å². The standard InChI is InChI=1S/6FH.6H2O.Sb/h6*1H;6*1H2;/q;;;;;;;;;;;;+5/p-6. The first-order chi connectivity index (χ1) is 2.45. The summed E-state index contributed by atoms with van der Waals surface area (Å²) in [5.41, 5.74) is 0. The molecule has 6 nitrogen and oxygen atoms in total. The first kappa shape index (κ1) is 51.3. The molecule has 0 unspecified atom stereocenters. The Morgan fingerprint density at radius 1 is 0.385 bits per heavy atom.